The van der Waals surface area contributed by atoms with Crippen LogP contribution in [-0.4, -0.2) is 10.3 Å². The van der Waals surface area contributed by atoms with Crippen molar-refractivity contribution in [3.63, 3.8) is 0 Å². The molecule has 4 heteroatoms. The van der Waals surface area contributed by atoms with Gasteiger partial charge in [0.2, 0.25) is 0 Å². The van der Waals surface area contributed by atoms with E-state index in [2.05, 4.69) is 31.2 Å². The number of nitrogens with two attached hydrogens (primary N) is 1. The predicted molar refractivity (Wildman–Crippen MR) is 130 cm³/mol. The molecule has 1 aliphatic carbocycles. The summed E-state index contributed by atoms with van der Waals surface area (Å²) in [7, 11) is 0. The summed E-state index contributed by atoms with van der Waals surface area (Å²) < 4.78 is 9.45. The summed E-state index contributed by atoms with van der Waals surface area (Å²) in [5, 5.41) is 1.97. The third kappa shape index (κ3) is 4.87. The Morgan fingerprint density at radius 2 is 1.90 bits per heavy atom. The Bertz CT molecular complexity index is 1060. The number of hydrogen-bond acceptors (Lipinski definition) is 4. The minimum atomic E-state index is -0.00911. The molecule has 0 aromatic heterocycles. The molecule has 3 N–H and O–H groups in total. The Labute approximate surface area is 189 Å². The third-order valence-electron chi connectivity index (χ3n) is 7.02. The van der Waals surface area contributed by atoms with Crippen molar-refractivity contribution in [2.24, 2.45) is 17.6 Å². The lowest BCUT2D eigenvalue weighted by Crippen LogP contribution is -2.21. The van der Waals surface area contributed by atoms with Gasteiger partial charge in [0.25, 0.3) is 0 Å². The zero-order chi connectivity index (χ0) is 21.8. The Balaban J connectivity index is 1.51. The van der Waals surface area contributed by atoms with Crippen LogP contribution in [0.1, 0.15) is 66.4 Å². The maximum atomic E-state index is 13.5. The summed E-state index contributed by atoms with van der Waals surface area (Å²) in [6.07, 6.45) is 5.63. The predicted octanol–water partition coefficient (Wildman–Crippen LogP) is 7.05. The van der Waals surface area contributed by atoms with Crippen LogP contribution < -0.4 is 5.73 Å². The van der Waals surface area contributed by atoms with Crippen molar-refractivity contribution in [2.45, 2.75) is 56.4 Å². The summed E-state index contributed by atoms with van der Waals surface area (Å²) in [6.45, 7) is 2.68. The molecule has 0 saturated heterocycles. The largest absolute Gasteiger partial charge is 0.326 e. The zero-order valence-electron chi connectivity index (χ0n) is 18.1. The van der Waals surface area contributed by atoms with Crippen molar-refractivity contribution in [1.82, 2.24) is 0 Å². The Hall–Kier alpha value is -2.14. The molecular formula is C27H31NO2S. The molecule has 1 fully saturated rings. The highest BCUT2D eigenvalue weighted by molar-refractivity contribution is 7.93. The molecule has 1 saturated carbocycles. The van der Waals surface area contributed by atoms with Crippen molar-refractivity contribution < 1.29 is 9.35 Å². The minimum Gasteiger partial charge on any atom is -0.326 e. The van der Waals surface area contributed by atoms with Crippen LogP contribution >= 0.6 is 12.0 Å². The van der Waals surface area contributed by atoms with Gasteiger partial charge in [0.1, 0.15) is 0 Å². The zero-order valence-corrected chi connectivity index (χ0v) is 18.9. The van der Waals surface area contributed by atoms with E-state index in [1.807, 2.05) is 36.4 Å². The molecule has 0 amide bonds. The van der Waals surface area contributed by atoms with Crippen LogP contribution in [-0.2, 0) is 6.54 Å². The van der Waals surface area contributed by atoms with Gasteiger partial charge in [0.15, 0.2) is 5.78 Å². The molecule has 4 rings (SSSR count). The van der Waals surface area contributed by atoms with E-state index in [0.717, 1.165) is 59.0 Å². The first-order valence-electron chi connectivity index (χ1n) is 11.3. The Morgan fingerprint density at radius 3 is 2.71 bits per heavy atom. The molecule has 3 aromatic rings. The molecule has 0 heterocycles. The van der Waals surface area contributed by atoms with Gasteiger partial charge in [-0.2, -0.15) is 0 Å². The first-order valence-corrected chi connectivity index (χ1v) is 12.1. The Morgan fingerprint density at radius 1 is 1.06 bits per heavy atom. The SMILES string of the molecule is CC(C(=O)c1cccc2ccc(SO)cc12)C1CCCC(c2cccc(CN)c2)CC1. The lowest BCUT2D eigenvalue weighted by atomic mass is 9.81. The molecule has 31 heavy (non-hydrogen) atoms. The van der Waals surface area contributed by atoms with Crippen LogP contribution in [0, 0.1) is 11.8 Å². The van der Waals surface area contributed by atoms with Crippen LogP contribution in [0.3, 0.4) is 0 Å². The monoisotopic (exact) mass is 433 g/mol. The van der Waals surface area contributed by atoms with Crippen molar-refractivity contribution in [3.05, 3.63) is 77.4 Å². The number of carbonyl (C=O) groups is 1. The van der Waals surface area contributed by atoms with E-state index in [-0.39, 0.29) is 11.7 Å². The van der Waals surface area contributed by atoms with Gasteiger partial charge in [0, 0.05) is 35.0 Å². The average Bonchev–Trinajstić information content (AvgIpc) is 3.09. The molecule has 0 aliphatic heterocycles. The molecule has 1 aliphatic rings. The summed E-state index contributed by atoms with van der Waals surface area (Å²) in [6, 6.07) is 20.4. The summed E-state index contributed by atoms with van der Waals surface area (Å²) in [5.74, 6) is 1.17. The van der Waals surface area contributed by atoms with E-state index in [9.17, 15) is 9.35 Å². The van der Waals surface area contributed by atoms with Gasteiger partial charge in [-0.05, 0) is 71.6 Å². The van der Waals surface area contributed by atoms with Crippen LogP contribution in [0.4, 0.5) is 0 Å². The van der Waals surface area contributed by atoms with Gasteiger partial charge in [-0.3, -0.25) is 4.79 Å². The standard InChI is InChI=1S/C27H31NO2S/c1-18(27(29)25-10-4-8-22-13-14-24(31-30)16-26(22)25)20-6-3-7-21(12-11-20)23-9-2-5-19(15-23)17-28/h2,4-5,8-10,13-16,18,20-21,30H,3,6-7,11-12,17,28H2,1H3. The van der Waals surface area contributed by atoms with E-state index < -0.39 is 0 Å². The molecule has 162 valence electrons. The fourth-order valence-corrected chi connectivity index (χ4v) is 5.42. The van der Waals surface area contributed by atoms with E-state index in [1.54, 1.807) is 0 Å². The number of rotatable bonds is 6. The van der Waals surface area contributed by atoms with Gasteiger partial charge in [-0.15, -0.1) is 0 Å². The highest BCUT2D eigenvalue weighted by Gasteiger charge is 2.29. The molecular weight excluding hydrogens is 402 g/mol. The Kier molecular flexibility index (Phi) is 7.11. The number of carbonyl (C=O) groups excluding carboxylic acids is 1. The molecule has 3 nitrogen and oxygen atoms in total. The highest BCUT2D eigenvalue weighted by Crippen LogP contribution is 2.38. The van der Waals surface area contributed by atoms with E-state index in [1.165, 1.54) is 17.5 Å². The minimum absolute atomic E-state index is 0.00911. The van der Waals surface area contributed by atoms with Gasteiger partial charge in [0.05, 0.1) is 0 Å². The smallest absolute Gasteiger partial charge is 0.166 e. The van der Waals surface area contributed by atoms with Crippen LogP contribution in [0.15, 0.2) is 65.6 Å². The third-order valence-corrected chi connectivity index (χ3v) is 7.48. The second-order valence-electron chi connectivity index (χ2n) is 8.85. The van der Waals surface area contributed by atoms with Crippen molar-refractivity contribution in [1.29, 1.82) is 0 Å². The lowest BCUT2D eigenvalue weighted by Gasteiger charge is -2.22. The maximum absolute atomic E-state index is 13.5. The van der Waals surface area contributed by atoms with E-state index in [4.69, 9.17) is 5.73 Å². The second kappa shape index (κ2) is 9.99. The quantitative estimate of drug-likeness (QED) is 0.248. The summed E-state index contributed by atoms with van der Waals surface area (Å²) in [5.41, 5.74) is 9.20. The van der Waals surface area contributed by atoms with Gasteiger partial charge >= 0.3 is 0 Å². The van der Waals surface area contributed by atoms with Crippen molar-refractivity contribution >= 4 is 28.6 Å². The van der Waals surface area contributed by atoms with Crippen molar-refractivity contribution in [2.75, 3.05) is 0 Å². The van der Waals surface area contributed by atoms with Crippen LogP contribution in [0.5, 0.6) is 0 Å². The summed E-state index contributed by atoms with van der Waals surface area (Å²) in [4.78, 5) is 14.3. The van der Waals surface area contributed by atoms with Crippen molar-refractivity contribution in [3.8, 4) is 0 Å². The molecule has 3 unspecified atom stereocenters. The topological polar surface area (TPSA) is 63.3 Å². The molecule has 0 spiro atoms. The van der Waals surface area contributed by atoms with Crippen LogP contribution in [0.25, 0.3) is 10.8 Å². The molecule has 3 aromatic carbocycles. The molecule has 0 radical (unpaired) electrons. The van der Waals surface area contributed by atoms with E-state index >= 15 is 0 Å². The average molecular weight is 434 g/mol. The molecule has 0 bridgehead atoms. The van der Waals surface area contributed by atoms with Gasteiger partial charge in [-0.25, -0.2) is 0 Å². The van der Waals surface area contributed by atoms with Crippen LogP contribution in [0.2, 0.25) is 0 Å². The normalized spacial score (nSPS) is 20.4. The fraction of sp³-hybridized carbons (Fsp3) is 0.370. The number of benzene rings is 3. The summed E-state index contributed by atoms with van der Waals surface area (Å²) >= 11 is 0.725. The number of hydrogen-bond donors (Lipinski definition) is 2. The van der Waals surface area contributed by atoms with Gasteiger partial charge in [-0.1, -0.05) is 61.9 Å². The number of fused-ring (bicyclic) bond motifs is 1. The van der Waals surface area contributed by atoms with Gasteiger partial charge < -0.3 is 10.3 Å². The van der Waals surface area contributed by atoms with E-state index in [0.29, 0.717) is 18.4 Å². The maximum Gasteiger partial charge on any atom is 0.166 e. The highest BCUT2D eigenvalue weighted by atomic mass is 32.2. The first-order chi connectivity index (χ1) is 15.1. The first kappa shape index (κ1) is 22.1. The number of ketones is 1. The molecule has 3 atom stereocenters. The lowest BCUT2D eigenvalue weighted by molar-refractivity contribution is 0.0879. The number of Topliss-reactive ketones (excluding diaryl/α,β-unsaturated/α-hetero) is 1. The second-order valence-corrected chi connectivity index (χ2v) is 9.50. The fourth-order valence-electron chi connectivity index (χ4n) is 5.12.